The van der Waals surface area contributed by atoms with Crippen molar-refractivity contribution in [3.8, 4) is 0 Å². The van der Waals surface area contributed by atoms with E-state index in [4.69, 9.17) is 11.8 Å². The maximum atomic E-state index is 13.1. The second-order valence-corrected chi connectivity index (χ2v) is 4.82. The Morgan fingerprint density at radius 3 is 3.15 bits per heavy atom. The highest BCUT2D eigenvalue weighted by atomic mass is 35.5. The van der Waals surface area contributed by atoms with Gasteiger partial charge in [0.05, 0.1) is 0 Å². The van der Waals surface area contributed by atoms with E-state index < -0.39 is 5.82 Å². The zero-order valence-electron chi connectivity index (χ0n) is 10.3. The minimum Gasteiger partial charge on any atom is -0.320 e. The first-order valence-electron chi connectivity index (χ1n) is 5.96. The highest BCUT2D eigenvalue weighted by molar-refractivity contribution is 6.14. The minimum absolute atomic E-state index is 0.288. The summed E-state index contributed by atoms with van der Waals surface area (Å²) in [4.78, 5) is 17.2. The highest BCUT2D eigenvalue weighted by Gasteiger charge is 2.29. The van der Waals surface area contributed by atoms with Gasteiger partial charge in [0.25, 0.3) is 5.91 Å². The number of hydrogen-bond acceptors (Lipinski definition) is 3. The molecule has 0 fully saturated rings. The van der Waals surface area contributed by atoms with Crippen LogP contribution in [0.15, 0.2) is 53.4 Å². The molecule has 0 spiro atoms. The van der Waals surface area contributed by atoms with E-state index in [1.807, 2.05) is 0 Å². The smallest absolute Gasteiger partial charge is 0.280 e. The minimum atomic E-state index is -0.404. The van der Waals surface area contributed by atoms with Crippen molar-refractivity contribution in [2.24, 2.45) is 4.99 Å². The SMILES string of the molecule is O=C(Nc1cccc(F)c1)C1=C[NH+]2CN(Cl)C=CC2=N1. The van der Waals surface area contributed by atoms with Gasteiger partial charge < -0.3 is 5.32 Å². The molecule has 1 atom stereocenters. The van der Waals surface area contributed by atoms with Crippen molar-refractivity contribution in [3.63, 3.8) is 0 Å². The largest absolute Gasteiger partial charge is 0.320 e. The number of benzene rings is 1. The molecule has 0 radical (unpaired) electrons. The average Bonchev–Trinajstić information content (AvgIpc) is 2.81. The third-order valence-corrected chi connectivity index (χ3v) is 3.14. The number of amides is 1. The van der Waals surface area contributed by atoms with Crippen molar-refractivity contribution < 1.29 is 14.1 Å². The van der Waals surface area contributed by atoms with E-state index in [2.05, 4.69) is 10.3 Å². The molecule has 1 aromatic rings. The molecule has 3 rings (SSSR count). The molecule has 0 bridgehead atoms. The first kappa shape index (κ1) is 12.8. The Balaban J connectivity index is 1.75. The summed E-state index contributed by atoms with van der Waals surface area (Å²) in [6.07, 6.45) is 5.11. The van der Waals surface area contributed by atoms with Crippen LogP contribution in [0, 0.1) is 5.82 Å². The molecule has 2 N–H and O–H groups in total. The van der Waals surface area contributed by atoms with Gasteiger partial charge in [-0.2, -0.15) is 4.99 Å². The zero-order valence-corrected chi connectivity index (χ0v) is 11.1. The third kappa shape index (κ3) is 2.56. The van der Waals surface area contributed by atoms with E-state index >= 15 is 0 Å². The van der Waals surface area contributed by atoms with Gasteiger partial charge in [-0.15, -0.1) is 0 Å². The van der Waals surface area contributed by atoms with Gasteiger partial charge >= 0.3 is 0 Å². The monoisotopic (exact) mass is 293 g/mol. The number of halogens is 2. The first-order valence-corrected chi connectivity index (χ1v) is 6.30. The quantitative estimate of drug-likeness (QED) is 0.794. The summed E-state index contributed by atoms with van der Waals surface area (Å²) in [6.45, 7) is 0.494. The standard InChI is InChI=1S/C13H10ClFN4O/c14-19-5-4-12-17-11(7-18(12)8-19)13(20)16-10-3-1-2-9(15)6-10/h1-7H,8H2,(H,16,20)/p+1. The van der Waals surface area contributed by atoms with Gasteiger partial charge in [-0.1, -0.05) is 6.07 Å². The van der Waals surface area contributed by atoms with Gasteiger partial charge in [0.2, 0.25) is 5.84 Å². The number of carbonyl (C=O) groups excluding carboxylic acids is 1. The lowest BCUT2D eigenvalue weighted by Gasteiger charge is -2.19. The second-order valence-electron chi connectivity index (χ2n) is 4.39. The molecule has 0 aliphatic carbocycles. The summed E-state index contributed by atoms with van der Waals surface area (Å²) in [5.74, 6) is -0.0518. The first-order chi connectivity index (χ1) is 9.61. The molecule has 0 saturated heterocycles. The van der Waals surface area contributed by atoms with Crippen LogP contribution in [0.2, 0.25) is 0 Å². The number of aliphatic imine (C=N–C) groups is 1. The van der Waals surface area contributed by atoms with Crippen molar-refractivity contribution in [1.82, 2.24) is 4.42 Å². The maximum Gasteiger partial charge on any atom is 0.280 e. The van der Waals surface area contributed by atoms with Crippen LogP contribution in [0.1, 0.15) is 0 Å². The third-order valence-electron chi connectivity index (χ3n) is 2.91. The Morgan fingerprint density at radius 1 is 1.50 bits per heavy atom. The van der Waals surface area contributed by atoms with E-state index in [-0.39, 0.29) is 11.6 Å². The molecule has 0 aromatic heterocycles. The van der Waals surface area contributed by atoms with Gasteiger partial charge in [0.15, 0.2) is 12.4 Å². The zero-order chi connectivity index (χ0) is 14.1. The van der Waals surface area contributed by atoms with Crippen molar-refractivity contribution >= 4 is 29.2 Å². The van der Waals surface area contributed by atoms with Gasteiger partial charge in [-0.05, 0) is 18.2 Å². The number of carbonyl (C=O) groups is 1. The highest BCUT2D eigenvalue weighted by Crippen LogP contribution is 2.12. The Morgan fingerprint density at radius 2 is 2.35 bits per heavy atom. The number of nitrogens with zero attached hydrogens (tertiary/aromatic N) is 2. The summed E-state index contributed by atoms with van der Waals surface area (Å²) in [5, 5.41) is 2.61. The summed E-state index contributed by atoms with van der Waals surface area (Å²) in [6, 6.07) is 5.71. The molecule has 20 heavy (non-hydrogen) atoms. The molecular formula is C13H11ClFN4O+. The lowest BCUT2D eigenvalue weighted by atomic mass is 10.3. The molecule has 1 amide bonds. The average molecular weight is 294 g/mol. The van der Waals surface area contributed by atoms with Gasteiger partial charge in [0.1, 0.15) is 12.0 Å². The number of quaternary nitrogens is 1. The number of amidine groups is 1. The summed E-state index contributed by atoms with van der Waals surface area (Å²) in [7, 11) is 0. The van der Waals surface area contributed by atoms with Crippen LogP contribution in [0.25, 0.3) is 0 Å². The van der Waals surface area contributed by atoms with Crippen LogP contribution in [-0.4, -0.2) is 22.8 Å². The maximum absolute atomic E-state index is 13.1. The predicted molar refractivity (Wildman–Crippen MR) is 73.2 cm³/mol. The lowest BCUT2D eigenvalue weighted by molar-refractivity contribution is -0.754. The summed E-state index contributed by atoms with van der Waals surface area (Å²) < 4.78 is 14.5. The fourth-order valence-electron chi connectivity index (χ4n) is 1.99. The van der Waals surface area contributed by atoms with Crippen LogP contribution in [0.4, 0.5) is 10.1 Å². The number of fused-ring (bicyclic) bond motifs is 1. The molecule has 2 aliphatic rings. The van der Waals surface area contributed by atoms with Gasteiger partial charge in [0, 0.05) is 29.7 Å². The summed E-state index contributed by atoms with van der Waals surface area (Å²) in [5.41, 5.74) is 0.682. The molecule has 1 aromatic carbocycles. The molecule has 0 saturated carbocycles. The molecule has 7 heteroatoms. The van der Waals surface area contributed by atoms with E-state index in [1.165, 1.54) is 22.6 Å². The Labute approximate surface area is 119 Å². The fraction of sp³-hybridized carbons (Fsp3) is 0.0769. The van der Waals surface area contributed by atoms with Crippen molar-refractivity contribution in [2.75, 3.05) is 12.0 Å². The molecule has 1 unspecified atom stereocenters. The topological polar surface area (TPSA) is 49.1 Å². The molecular weight excluding hydrogens is 283 g/mol. The Hall–Kier alpha value is -2.18. The second kappa shape index (κ2) is 5.07. The molecule has 5 nitrogen and oxygen atoms in total. The number of anilines is 1. The van der Waals surface area contributed by atoms with Crippen LogP contribution >= 0.6 is 11.8 Å². The van der Waals surface area contributed by atoms with Crippen LogP contribution in [0.3, 0.4) is 0 Å². The van der Waals surface area contributed by atoms with Crippen molar-refractivity contribution in [2.45, 2.75) is 0 Å². The normalized spacial score (nSPS) is 20.3. The number of hydrogen-bond donors (Lipinski definition) is 2. The van der Waals surface area contributed by atoms with Crippen LogP contribution in [-0.2, 0) is 4.79 Å². The molecule has 2 heterocycles. The van der Waals surface area contributed by atoms with E-state index in [9.17, 15) is 9.18 Å². The number of nitrogens with one attached hydrogen (secondary N) is 2. The van der Waals surface area contributed by atoms with E-state index in [1.54, 1.807) is 24.5 Å². The predicted octanol–water partition coefficient (Wildman–Crippen LogP) is 0.843. The van der Waals surface area contributed by atoms with Crippen LogP contribution in [0.5, 0.6) is 0 Å². The molecule has 2 aliphatic heterocycles. The van der Waals surface area contributed by atoms with Crippen molar-refractivity contribution in [3.05, 3.63) is 54.3 Å². The van der Waals surface area contributed by atoms with Gasteiger partial charge in [-0.3, -0.25) is 4.79 Å². The van der Waals surface area contributed by atoms with E-state index in [0.29, 0.717) is 12.4 Å². The van der Waals surface area contributed by atoms with E-state index in [0.717, 1.165) is 10.7 Å². The molecule has 102 valence electrons. The fourth-order valence-corrected chi connectivity index (χ4v) is 2.17. The Kier molecular flexibility index (Phi) is 3.25. The van der Waals surface area contributed by atoms with Gasteiger partial charge in [-0.25, -0.2) is 13.7 Å². The number of rotatable bonds is 2. The Bertz CT molecular complexity index is 656. The van der Waals surface area contributed by atoms with Crippen molar-refractivity contribution in [1.29, 1.82) is 0 Å². The summed E-state index contributed by atoms with van der Waals surface area (Å²) >= 11 is 5.86. The lowest BCUT2D eigenvalue weighted by Crippen LogP contribution is -3.11. The van der Waals surface area contributed by atoms with Crippen LogP contribution < -0.4 is 10.2 Å².